The van der Waals surface area contributed by atoms with E-state index in [0.29, 0.717) is 0 Å². The molecule has 1 N–H and O–H groups in total. The molecule has 0 saturated heterocycles. The summed E-state index contributed by atoms with van der Waals surface area (Å²) >= 11 is 0. The molecular weight excluding hydrogens is 197 g/mol. The molecule has 4 nitrogen and oxygen atoms in total. The molecule has 0 fully saturated rings. The van der Waals surface area contributed by atoms with Crippen molar-refractivity contribution >= 4 is 5.97 Å². The molecule has 0 aliphatic rings. The average molecular weight is 206 g/mol. The van der Waals surface area contributed by atoms with E-state index in [4.69, 9.17) is 5.11 Å². The van der Waals surface area contributed by atoms with E-state index in [1.807, 2.05) is 0 Å². The zero-order valence-electron chi connectivity index (χ0n) is 6.32. The van der Waals surface area contributed by atoms with Gasteiger partial charge in [0.2, 0.25) is 0 Å². The molecule has 0 spiro atoms. The van der Waals surface area contributed by atoms with Crippen LogP contribution in [0.25, 0.3) is 0 Å². The van der Waals surface area contributed by atoms with Gasteiger partial charge in [0.05, 0.1) is 0 Å². The largest absolute Gasteiger partial charge is 0.480 e. The molecule has 0 aliphatic heterocycles. The zero-order chi connectivity index (χ0) is 7.56. The van der Waals surface area contributed by atoms with Crippen LogP contribution in [0, 0.1) is 6.92 Å². The molecule has 0 aromatic carbocycles. The number of carboxylic acid groups (broad SMARTS) is 1. The van der Waals surface area contributed by atoms with Gasteiger partial charge in [0.25, 0.3) is 0 Å². The maximum absolute atomic E-state index is 10.2. The smallest absolute Gasteiger partial charge is 0.323 e. The molecule has 1 rings (SSSR count). The summed E-state index contributed by atoms with van der Waals surface area (Å²) in [4.78, 5) is 14.0. The van der Waals surface area contributed by atoms with Gasteiger partial charge in [-0.15, -0.1) is 0 Å². The van der Waals surface area contributed by atoms with Crippen LogP contribution in [0.3, 0.4) is 0 Å². The Labute approximate surface area is 77.0 Å². The van der Waals surface area contributed by atoms with Crippen molar-refractivity contribution in [1.29, 1.82) is 0 Å². The second kappa shape index (κ2) is 4.24. The molecule has 5 heteroatoms. The Hall–Kier alpha value is -0.697. The van der Waals surface area contributed by atoms with Crippen molar-refractivity contribution in [2.45, 2.75) is 13.5 Å². The fourth-order valence-corrected chi connectivity index (χ4v) is 0.717. The van der Waals surface area contributed by atoms with Crippen molar-refractivity contribution in [3.63, 3.8) is 0 Å². The first-order valence-electron chi connectivity index (χ1n) is 2.89. The van der Waals surface area contributed by atoms with Crippen LogP contribution in [-0.2, 0) is 30.8 Å². The molecule has 0 unspecified atom stereocenters. The Morgan fingerprint density at radius 1 is 1.82 bits per heavy atom. The van der Waals surface area contributed by atoms with E-state index >= 15 is 0 Å². The number of aliphatic carboxylic acids is 1. The molecule has 0 aliphatic carbocycles. The molecule has 11 heavy (non-hydrogen) atoms. The zero-order valence-corrected chi connectivity index (χ0v) is 9.29. The summed E-state index contributed by atoms with van der Waals surface area (Å²) in [7, 11) is 0. The molecule has 0 amide bonds. The molecule has 0 atom stereocenters. The van der Waals surface area contributed by atoms with Gasteiger partial charge in [-0.2, -0.15) is 0 Å². The Morgan fingerprint density at radius 2 is 2.45 bits per heavy atom. The van der Waals surface area contributed by atoms with Crippen molar-refractivity contribution in [1.82, 2.24) is 9.55 Å². The summed E-state index contributed by atoms with van der Waals surface area (Å²) in [5, 5.41) is 8.36. The monoisotopic (exact) mass is 204 g/mol. The summed E-state index contributed by atoms with van der Waals surface area (Å²) in [5.41, 5.74) is 0. The number of aromatic nitrogens is 2. The first kappa shape index (κ1) is 10.3. The second-order valence-corrected chi connectivity index (χ2v) is 2.00. The second-order valence-electron chi connectivity index (χ2n) is 2.00. The maximum atomic E-state index is 10.2. The molecule has 56 valence electrons. The molecule has 0 radical (unpaired) electrons. The Morgan fingerprint density at radius 3 is 2.82 bits per heavy atom. The van der Waals surface area contributed by atoms with Crippen molar-refractivity contribution in [3.05, 3.63) is 18.2 Å². The van der Waals surface area contributed by atoms with E-state index in [9.17, 15) is 4.79 Å². The van der Waals surface area contributed by atoms with E-state index in [0.717, 1.165) is 5.82 Å². The van der Waals surface area contributed by atoms with Gasteiger partial charge in [-0.25, -0.2) is 4.98 Å². The third-order valence-electron chi connectivity index (χ3n) is 1.23. The van der Waals surface area contributed by atoms with Crippen LogP contribution < -0.4 is 0 Å². The normalized spacial score (nSPS) is 8.82. The fraction of sp³-hybridized carbons (Fsp3) is 0.333. The first-order valence-corrected chi connectivity index (χ1v) is 2.89. The van der Waals surface area contributed by atoms with E-state index < -0.39 is 5.97 Å². The summed E-state index contributed by atoms with van der Waals surface area (Å²) in [6.07, 6.45) is 3.22. The fourth-order valence-electron chi connectivity index (χ4n) is 0.717. The van der Waals surface area contributed by atoms with E-state index in [2.05, 4.69) is 4.98 Å². The van der Waals surface area contributed by atoms with Gasteiger partial charge in [-0.05, 0) is 6.92 Å². The minimum absolute atomic E-state index is 0. The average Bonchev–Trinajstić information content (AvgIpc) is 2.15. The number of nitrogens with zero attached hydrogens (tertiary/aromatic N) is 2. The van der Waals surface area contributed by atoms with E-state index in [1.54, 1.807) is 23.9 Å². The standard InChI is InChI=1S/C6H8N2O2.Zn/c1-5-7-2-3-8(5)4-6(9)10;/h2-3H,4H2,1H3,(H,9,10);. The van der Waals surface area contributed by atoms with E-state index in [1.165, 1.54) is 0 Å². The Balaban J connectivity index is 0.000001000. The summed E-state index contributed by atoms with van der Waals surface area (Å²) in [6, 6.07) is 0. The van der Waals surface area contributed by atoms with Crippen LogP contribution in [0.1, 0.15) is 5.82 Å². The predicted molar refractivity (Wildman–Crippen MR) is 34.6 cm³/mol. The van der Waals surface area contributed by atoms with Gasteiger partial charge in [-0.3, -0.25) is 4.79 Å². The quantitative estimate of drug-likeness (QED) is 0.706. The number of hydrogen-bond acceptors (Lipinski definition) is 2. The van der Waals surface area contributed by atoms with Crippen LogP contribution in [0.2, 0.25) is 0 Å². The topological polar surface area (TPSA) is 55.1 Å². The van der Waals surface area contributed by atoms with Crippen LogP contribution >= 0.6 is 0 Å². The van der Waals surface area contributed by atoms with Gasteiger partial charge < -0.3 is 9.67 Å². The van der Waals surface area contributed by atoms with Crippen molar-refractivity contribution in [2.75, 3.05) is 0 Å². The number of carboxylic acids is 1. The number of hydrogen-bond donors (Lipinski definition) is 1. The summed E-state index contributed by atoms with van der Waals surface area (Å²) in [5.74, 6) is -0.122. The van der Waals surface area contributed by atoms with Crippen LogP contribution in [0.15, 0.2) is 12.4 Å². The molecule has 1 heterocycles. The third-order valence-corrected chi connectivity index (χ3v) is 1.23. The number of aryl methyl sites for hydroxylation is 1. The van der Waals surface area contributed by atoms with E-state index in [-0.39, 0.29) is 26.0 Å². The number of carbonyl (C=O) groups is 1. The minimum atomic E-state index is -0.846. The third kappa shape index (κ3) is 2.80. The van der Waals surface area contributed by atoms with Crippen LogP contribution in [-0.4, -0.2) is 20.6 Å². The summed E-state index contributed by atoms with van der Waals surface area (Å²) < 4.78 is 1.57. The van der Waals surface area contributed by atoms with Crippen molar-refractivity contribution in [2.24, 2.45) is 0 Å². The Kier molecular flexibility index (Phi) is 3.97. The van der Waals surface area contributed by atoms with Crippen molar-refractivity contribution < 1.29 is 29.4 Å². The minimum Gasteiger partial charge on any atom is -0.480 e. The van der Waals surface area contributed by atoms with Crippen molar-refractivity contribution in [3.8, 4) is 0 Å². The van der Waals surface area contributed by atoms with Gasteiger partial charge in [-0.1, -0.05) is 0 Å². The molecular formula is C6H8N2O2Zn. The van der Waals surface area contributed by atoms with Gasteiger partial charge in [0.15, 0.2) is 0 Å². The predicted octanol–water partition coefficient (Wildman–Crippen LogP) is 0.274. The maximum Gasteiger partial charge on any atom is 0.323 e. The van der Waals surface area contributed by atoms with Crippen LogP contribution in [0.5, 0.6) is 0 Å². The molecule has 0 bridgehead atoms. The molecule has 1 aromatic rings. The summed E-state index contributed by atoms with van der Waals surface area (Å²) in [6.45, 7) is 1.76. The number of imidazole rings is 1. The molecule has 0 saturated carbocycles. The SMILES string of the molecule is Cc1nccn1CC(=O)O.[Zn]. The van der Waals surface area contributed by atoms with Crippen LogP contribution in [0.4, 0.5) is 0 Å². The van der Waals surface area contributed by atoms with Gasteiger partial charge in [0.1, 0.15) is 12.4 Å². The number of rotatable bonds is 2. The first-order chi connectivity index (χ1) is 4.70. The Bertz CT molecular complexity index is 246. The van der Waals surface area contributed by atoms with Gasteiger partial charge in [0, 0.05) is 31.9 Å². The van der Waals surface area contributed by atoms with Gasteiger partial charge >= 0.3 is 5.97 Å². The molecule has 1 aromatic heterocycles.